The molecule has 0 amide bonds. The van der Waals surface area contributed by atoms with Gasteiger partial charge in [-0.05, 0) is 43.5 Å². The van der Waals surface area contributed by atoms with Gasteiger partial charge in [0.2, 0.25) is 11.7 Å². The molecule has 1 aliphatic carbocycles. The van der Waals surface area contributed by atoms with Crippen LogP contribution in [-0.4, -0.2) is 10.1 Å². The first-order valence-corrected chi connectivity index (χ1v) is 8.27. The summed E-state index contributed by atoms with van der Waals surface area (Å²) >= 11 is 3.47. The molecular formula is C16H20BrN3O. The van der Waals surface area contributed by atoms with E-state index in [-0.39, 0.29) is 0 Å². The van der Waals surface area contributed by atoms with Crippen molar-refractivity contribution >= 4 is 15.9 Å². The first-order chi connectivity index (χ1) is 10.1. The molecule has 3 rings (SSSR count). The highest BCUT2D eigenvalue weighted by molar-refractivity contribution is 9.10. The van der Waals surface area contributed by atoms with E-state index >= 15 is 0 Å². The second-order valence-electron chi connectivity index (χ2n) is 5.95. The lowest BCUT2D eigenvalue weighted by atomic mass is 9.91. The quantitative estimate of drug-likeness (QED) is 0.820. The Morgan fingerprint density at radius 3 is 2.57 bits per heavy atom. The van der Waals surface area contributed by atoms with Gasteiger partial charge in [-0.15, -0.1) is 0 Å². The lowest BCUT2D eigenvalue weighted by molar-refractivity contribution is 0.257. The molecule has 1 aromatic carbocycles. The van der Waals surface area contributed by atoms with Crippen LogP contribution in [0.1, 0.15) is 50.0 Å². The number of hydrogen-bond acceptors (Lipinski definition) is 4. The third-order valence-electron chi connectivity index (χ3n) is 4.28. The van der Waals surface area contributed by atoms with Crippen LogP contribution in [0, 0.1) is 6.92 Å². The summed E-state index contributed by atoms with van der Waals surface area (Å²) in [5.41, 5.74) is 8.18. The van der Waals surface area contributed by atoms with Gasteiger partial charge >= 0.3 is 0 Å². The second kappa shape index (κ2) is 5.89. The number of benzene rings is 1. The predicted molar refractivity (Wildman–Crippen MR) is 85.7 cm³/mol. The average Bonchev–Trinajstić information content (AvgIpc) is 2.83. The van der Waals surface area contributed by atoms with E-state index in [0.29, 0.717) is 11.7 Å². The number of halogens is 1. The second-order valence-corrected chi connectivity index (χ2v) is 6.87. The molecular weight excluding hydrogens is 330 g/mol. The molecule has 0 spiro atoms. The number of hydrogen-bond donors (Lipinski definition) is 1. The molecule has 2 aromatic rings. The van der Waals surface area contributed by atoms with Crippen molar-refractivity contribution < 1.29 is 4.52 Å². The molecule has 2 N–H and O–H groups in total. The van der Waals surface area contributed by atoms with Crippen molar-refractivity contribution in [3.05, 3.63) is 34.1 Å². The molecule has 0 atom stereocenters. The molecule has 0 radical (unpaired) electrons. The average molecular weight is 350 g/mol. The van der Waals surface area contributed by atoms with Gasteiger partial charge in [-0.2, -0.15) is 4.98 Å². The zero-order valence-corrected chi connectivity index (χ0v) is 13.8. The van der Waals surface area contributed by atoms with E-state index in [9.17, 15) is 0 Å². The number of rotatable bonds is 2. The van der Waals surface area contributed by atoms with Crippen LogP contribution in [0.25, 0.3) is 11.4 Å². The lowest BCUT2D eigenvalue weighted by Crippen LogP contribution is -2.36. The van der Waals surface area contributed by atoms with Crippen molar-refractivity contribution in [2.24, 2.45) is 5.73 Å². The van der Waals surface area contributed by atoms with Crippen molar-refractivity contribution in [3.8, 4) is 11.4 Å². The molecule has 1 aliphatic rings. The molecule has 0 bridgehead atoms. The first-order valence-electron chi connectivity index (χ1n) is 7.48. The number of aromatic nitrogens is 2. The maximum Gasteiger partial charge on any atom is 0.247 e. The molecule has 1 saturated carbocycles. The maximum absolute atomic E-state index is 6.53. The van der Waals surface area contributed by atoms with Crippen LogP contribution in [0.4, 0.5) is 0 Å². The first kappa shape index (κ1) is 14.7. The molecule has 0 saturated heterocycles. The van der Waals surface area contributed by atoms with Crippen LogP contribution in [0.5, 0.6) is 0 Å². The van der Waals surface area contributed by atoms with E-state index < -0.39 is 5.54 Å². The van der Waals surface area contributed by atoms with Crippen molar-refractivity contribution in [3.63, 3.8) is 0 Å². The van der Waals surface area contributed by atoms with Gasteiger partial charge in [-0.1, -0.05) is 46.8 Å². The fourth-order valence-electron chi connectivity index (χ4n) is 2.99. The van der Waals surface area contributed by atoms with Crippen LogP contribution >= 0.6 is 15.9 Å². The Kier molecular flexibility index (Phi) is 4.13. The van der Waals surface area contributed by atoms with E-state index in [4.69, 9.17) is 10.3 Å². The van der Waals surface area contributed by atoms with Gasteiger partial charge in [0.15, 0.2) is 0 Å². The summed E-state index contributed by atoms with van der Waals surface area (Å²) < 4.78 is 6.55. The van der Waals surface area contributed by atoms with E-state index in [1.807, 2.05) is 19.1 Å². The number of aryl methyl sites for hydroxylation is 1. The topological polar surface area (TPSA) is 64.9 Å². The summed E-state index contributed by atoms with van der Waals surface area (Å²) in [5.74, 6) is 1.21. The number of nitrogens with two attached hydrogens (primary N) is 1. The van der Waals surface area contributed by atoms with Gasteiger partial charge < -0.3 is 10.3 Å². The Balaban J connectivity index is 1.92. The van der Waals surface area contributed by atoms with Gasteiger partial charge in [-0.25, -0.2) is 0 Å². The number of nitrogens with zero attached hydrogens (tertiary/aromatic N) is 2. The molecule has 4 nitrogen and oxygen atoms in total. The largest absolute Gasteiger partial charge is 0.337 e. The lowest BCUT2D eigenvalue weighted by Gasteiger charge is -2.22. The summed E-state index contributed by atoms with van der Waals surface area (Å²) in [6.07, 6.45) is 6.59. The van der Waals surface area contributed by atoms with Crippen LogP contribution in [0.2, 0.25) is 0 Å². The van der Waals surface area contributed by atoms with Gasteiger partial charge in [0.05, 0.1) is 5.54 Å². The maximum atomic E-state index is 6.53. The molecule has 0 unspecified atom stereocenters. The molecule has 1 aromatic heterocycles. The van der Waals surface area contributed by atoms with Crippen LogP contribution < -0.4 is 5.73 Å². The van der Waals surface area contributed by atoms with Crippen molar-refractivity contribution in [1.29, 1.82) is 0 Å². The Hall–Kier alpha value is -1.20. The zero-order valence-electron chi connectivity index (χ0n) is 12.2. The van der Waals surface area contributed by atoms with Crippen molar-refractivity contribution in [1.82, 2.24) is 10.1 Å². The Morgan fingerprint density at radius 1 is 1.19 bits per heavy atom. The van der Waals surface area contributed by atoms with Crippen LogP contribution in [0.15, 0.2) is 27.2 Å². The molecule has 1 fully saturated rings. The van der Waals surface area contributed by atoms with E-state index in [1.54, 1.807) is 0 Å². The molecule has 21 heavy (non-hydrogen) atoms. The van der Waals surface area contributed by atoms with E-state index in [2.05, 4.69) is 32.1 Å². The van der Waals surface area contributed by atoms with E-state index in [1.165, 1.54) is 12.8 Å². The molecule has 112 valence electrons. The van der Waals surface area contributed by atoms with Crippen LogP contribution in [0.3, 0.4) is 0 Å². The normalized spacial score (nSPS) is 18.4. The Morgan fingerprint density at radius 2 is 1.90 bits per heavy atom. The predicted octanol–water partition coefficient (Wildman–Crippen LogP) is 4.32. The summed E-state index contributed by atoms with van der Waals surface area (Å²) in [4.78, 5) is 4.59. The fraction of sp³-hybridized carbons (Fsp3) is 0.500. The standard InChI is InChI=1S/C16H20BrN3O/c1-11-10-12(17)6-7-13(11)14-19-15(21-20-14)16(18)8-4-2-3-5-9-16/h6-7,10H,2-5,8-9,18H2,1H3. The third-order valence-corrected chi connectivity index (χ3v) is 4.77. The highest BCUT2D eigenvalue weighted by Crippen LogP contribution is 2.34. The van der Waals surface area contributed by atoms with E-state index in [0.717, 1.165) is 41.3 Å². The molecule has 0 aliphatic heterocycles. The van der Waals surface area contributed by atoms with Gasteiger partial charge in [-0.3, -0.25) is 0 Å². The third kappa shape index (κ3) is 3.04. The zero-order chi connectivity index (χ0) is 14.9. The van der Waals surface area contributed by atoms with Gasteiger partial charge in [0.1, 0.15) is 0 Å². The van der Waals surface area contributed by atoms with Crippen LogP contribution in [-0.2, 0) is 5.54 Å². The minimum Gasteiger partial charge on any atom is -0.337 e. The summed E-state index contributed by atoms with van der Waals surface area (Å²) in [6.45, 7) is 2.04. The highest BCUT2D eigenvalue weighted by Gasteiger charge is 2.34. The van der Waals surface area contributed by atoms with Crippen molar-refractivity contribution in [2.75, 3.05) is 0 Å². The summed E-state index contributed by atoms with van der Waals surface area (Å²) in [6, 6.07) is 6.04. The fourth-order valence-corrected chi connectivity index (χ4v) is 3.46. The highest BCUT2D eigenvalue weighted by atomic mass is 79.9. The monoisotopic (exact) mass is 349 g/mol. The molecule has 5 heteroatoms. The van der Waals surface area contributed by atoms with Gasteiger partial charge in [0, 0.05) is 10.0 Å². The minimum absolute atomic E-state index is 0.453. The smallest absolute Gasteiger partial charge is 0.247 e. The molecule has 1 heterocycles. The Labute approximate surface area is 133 Å². The van der Waals surface area contributed by atoms with Gasteiger partial charge in [0.25, 0.3) is 0 Å². The Bertz CT molecular complexity index is 630. The summed E-state index contributed by atoms with van der Waals surface area (Å²) in [7, 11) is 0. The van der Waals surface area contributed by atoms with Crippen molar-refractivity contribution in [2.45, 2.75) is 51.0 Å². The summed E-state index contributed by atoms with van der Waals surface area (Å²) in [5, 5.41) is 4.15. The SMILES string of the molecule is Cc1cc(Br)ccc1-c1noc(C2(N)CCCCCC2)n1. The minimum atomic E-state index is -0.453.